The van der Waals surface area contributed by atoms with Crippen molar-refractivity contribution in [1.82, 2.24) is 9.65 Å². The predicted molar refractivity (Wildman–Crippen MR) is 126 cm³/mol. The van der Waals surface area contributed by atoms with Gasteiger partial charge in [0.15, 0.2) is 0 Å². The molecule has 0 saturated carbocycles. The molecule has 0 fully saturated rings. The first-order valence-corrected chi connectivity index (χ1v) is 11.7. The second kappa shape index (κ2) is 9.93. The third-order valence-corrected chi connectivity index (χ3v) is 6.48. The van der Waals surface area contributed by atoms with Crippen LogP contribution >= 0.6 is 19.5 Å². The fraction of sp³-hybridized carbons (Fsp3) is 0.0455. The maximum absolute atomic E-state index is 12.6. The van der Waals surface area contributed by atoms with Crippen molar-refractivity contribution in [2.24, 2.45) is 0 Å². The summed E-state index contributed by atoms with van der Waals surface area (Å²) in [7, 11) is -3.66. The Morgan fingerprint density at radius 2 is 1.84 bits per heavy atom. The van der Waals surface area contributed by atoms with E-state index in [9.17, 15) is 19.1 Å². The second-order valence-electron chi connectivity index (χ2n) is 6.69. The Bertz CT molecular complexity index is 1230. The summed E-state index contributed by atoms with van der Waals surface area (Å²) in [6, 6.07) is 17.2. The molecule has 3 aromatic rings. The first-order valence-electron chi connectivity index (χ1n) is 9.35. The minimum Gasteiger partial charge on any atom is -0.398 e. The van der Waals surface area contributed by atoms with Crippen molar-refractivity contribution >= 4 is 42.9 Å². The first-order chi connectivity index (χ1) is 15.2. The zero-order chi connectivity index (χ0) is 23.3. The van der Waals surface area contributed by atoms with Gasteiger partial charge in [-0.2, -0.15) is 0 Å². The fourth-order valence-corrected chi connectivity index (χ4v) is 4.07. The third-order valence-electron chi connectivity index (χ3n) is 4.45. The van der Waals surface area contributed by atoms with Gasteiger partial charge in [-0.05, 0) is 54.6 Å². The number of hydrogen-bond acceptors (Lipinski definition) is 6. The highest BCUT2D eigenvalue weighted by molar-refractivity contribution is 7.99. The maximum atomic E-state index is 12.6. The summed E-state index contributed by atoms with van der Waals surface area (Å²) in [6.07, 6.45) is 5.01. The van der Waals surface area contributed by atoms with E-state index in [2.05, 4.69) is 4.98 Å². The third kappa shape index (κ3) is 5.72. The summed E-state index contributed by atoms with van der Waals surface area (Å²) in [5.74, 6) is -0.785. The van der Waals surface area contributed by atoms with Gasteiger partial charge in [0, 0.05) is 34.3 Å². The van der Waals surface area contributed by atoms with E-state index in [0.717, 1.165) is 12.7 Å². The number of anilines is 1. The molecule has 3 rings (SSSR count). The lowest BCUT2D eigenvalue weighted by molar-refractivity contribution is 0.0851. The van der Waals surface area contributed by atoms with E-state index in [1.165, 1.54) is 17.8 Å². The predicted octanol–water partition coefficient (Wildman–Crippen LogP) is 4.06. The van der Waals surface area contributed by atoms with Crippen molar-refractivity contribution in [1.29, 1.82) is 5.41 Å². The van der Waals surface area contributed by atoms with Crippen LogP contribution in [0.5, 0.6) is 0 Å². The Balaban J connectivity index is 1.81. The van der Waals surface area contributed by atoms with Crippen LogP contribution in [0.2, 0.25) is 0 Å². The van der Waals surface area contributed by atoms with E-state index < -0.39 is 13.7 Å². The zero-order valence-electron chi connectivity index (χ0n) is 17.0. The molecule has 1 heterocycles. The van der Waals surface area contributed by atoms with Crippen LogP contribution in [0.15, 0.2) is 82.7 Å². The number of carbonyl (C=O) groups excluding carboxylic acids is 1. The largest absolute Gasteiger partial charge is 0.432 e. The molecule has 10 heteroatoms. The van der Waals surface area contributed by atoms with Crippen LogP contribution in [-0.2, 0) is 4.57 Å². The fourth-order valence-electron chi connectivity index (χ4n) is 2.73. The number of amides is 1. The molecule has 0 spiro atoms. The van der Waals surface area contributed by atoms with Crippen molar-refractivity contribution in [3.8, 4) is 0 Å². The molecular weight excluding hydrogens is 447 g/mol. The average molecular weight is 468 g/mol. The van der Waals surface area contributed by atoms with Gasteiger partial charge >= 0.3 is 7.75 Å². The summed E-state index contributed by atoms with van der Waals surface area (Å²) < 4.78 is 11.9. The van der Waals surface area contributed by atoms with Crippen LogP contribution in [0, 0.1) is 5.41 Å². The van der Waals surface area contributed by atoms with Crippen LogP contribution in [0.25, 0.3) is 6.08 Å². The Morgan fingerprint density at radius 3 is 2.50 bits per heavy atom. The molecule has 0 unspecified atom stereocenters. The molecule has 8 nitrogen and oxygen atoms in total. The smallest absolute Gasteiger partial charge is 0.398 e. The summed E-state index contributed by atoms with van der Waals surface area (Å²) in [5, 5.41) is 8.28. The molecule has 0 bridgehead atoms. The maximum Gasteiger partial charge on any atom is 0.432 e. The number of carbonyl (C=O) groups is 1. The van der Waals surface area contributed by atoms with Gasteiger partial charge in [0.1, 0.15) is 0 Å². The van der Waals surface area contributed by atoms with Crippen molar-refractivity contribution in [2.75, 3.05) is 12.8 Å². The Hall–Kier alpha value is -3.23. The minimum absolute atomic E-state index is 0.164. The molecule has 0 aliphatic rings. The van der Waals surface area contributed by atoms with Gasteiger partial charge in [-0.25, -0.2) is 9.24 Å². The van der Waals surface area contributed by atoms with Crippen molar-refractivity contribution in [3.05, 3.63) is 89.8 Å². The van der Waals surface area contributed by atoms with Gasteiger partial charge in [-0.15, -0.1) is 0 Å². The molecular formula is C22H21N4O4PS. The molecule has 0 saturated heterocycles. The molecule has 32 heavy (non-hydrogen) atoms. The average Bonchev–Trinajstić information content (AvgIpc) is 2.77. The lowest BCUT2D eigenvalue weighted by Crippen LogP contribution is -2.24. The van der Waals surface area contributed by atoms with Gasteiger partial charge in [-0.1, -0.05) is 30.0 Å². The number of allylic oxidation sites excluding steroid dienone is 1. The highest BCUT2D eigenvalue weighted by Crippen LogP contribution is 2.41. The second-order valence-corrected chi connectivity index (χ2v) is 9.43. The quantitative estimate of drug-likeness (QED) is 0.233. The number of nitrogens with one attached hydrogen (secondary N) is 1. The summed E-state index contributed by atoms with van der Waals surface area (Å²) in [4.78, 5) is 36.6. The molecule has 1 amide bonds. The summed E-state index contributed by atoms with van der Waals surface area (Å²) >= 11 is 1.24. The topological polar surface area (TPSA) is 141 Å². The van der Waals surface area contributed by atoms with Crippen LogP contribution < -0.4 is 5.73 Å². The summed E-state index contributed by atoms with van der Waals surface area (Å²) in [6.45, 7) is 0. The molecule has 5 N–H and O–H groups in total. The highest BCUT2D eigenvalue weighted by Gasteiger charge is 2.28. The molecule has 2 aromatic carbocycles. The van der Waals surface area contributed by atoms with E-state index in [1.54, 1.807) is 54.7 Å². The lowest BCUT2D eigenvalue weighted by atomic mass is 10.1. The number of aromatic nitrogens is 1. The monoisotopic (exact) mass is 468 g/mol. The molecule has 0 radical (unpaired) electrons. The van der Waals surface area contributed by atoms with Crippen LogP contribution in [0.1, 0.15) is 21.6 Å². The van der Waals surface area contributed by atoms with Crippen molar-refractivity contribution < 1.29 is 19.1 Å². The molecule has 0 aliphatic carbocycles. The van der Waals surface area contributed by atoms with Gasteiger partial charge in [-0.3, -0.25) is 9.78 Å². The van der Waals surface area contributed by atoms with Gasteiger partial charge in [0.25, 0.3) is 5.91 Å². The Morgan fingerprint density at radius 1 is 1.12 bits per heavy atom. The van der Waals surface area contributed by atoms with Gasteiger partial charge in [0.05, 0.1) is 17.0 Å². The standard InChI is InChI=1S/C22H21N4O4PS/c1-26(31(28,29)30)22(27)18-7-2-3-8-21(18)32-16-10-11-17(20(24)14-16)19(23)12-9-15-6-4-5-13-25-15/h2-14,23H,24H2,1H3,(H2,28,29,30)/b12-9+,23-19?. The minimum atomic E-state index is -4.72. The number of pyridine rings is 1. The van der Waals surface area contributed by atoms with Crippen LogP contribution in [0.4, 0.5) is 5.69 Å². The SMILES string of the molecule is CN(C(=O)c1ccccc1Sc1ccc(C(=N)/C=C/c2ccccn2)c(N)c1)P(=O)(O)O. The molecule has 0 aliphatic heterocycles. The van der Waals surface area contributed by atoms with Gasteiger partial charge < -0.3 is 20.9 Å². The van der Waals surface area contributed by atoms with E-state index in [0.29, 0.717) is 25.7 Å². The van der Waals surface area contributed by atoms with Crippen LogP contribution in [0.3, 0.4) is 0 Å². The Labute approximate surface area is 189 Å². The number of benzene rings is 2. The zero-order valence-corrected chi connectivity index (χ0v) is 18.8. The molecule has 1 aromatic heterocycles. The van der Waals surface area contributed by atoms with E-state index in [4.69, 9.17) is 11.1 Å². The number of nitrogens with two attached hydrogens (primary N) is 1. The Kier molecular flexibility index (Phi) is 7.27. The molecule has 164 valence electrons. The number of nitrogen functional groups attached to an aromatic ring is 1. The van der Waals surface area contributed by atoms with E-state index in [-0.39, 0.29) is 11.3 Å². The van der Waals surface area contributed by atoms with E-state index >= 15 is 0 Å². The van der Waals surface area contributed by atoms with E-state index in [1.807, 2.05) is 18.2 Å². The lowest BCUT2D eigenvalue weighted by Gasteiger charge is -2.19. The normalized spacial score (nSPS) is 11.5. The number of rotatable bonds is 7. The number of hydrogen-bond donors (Lipinski definition) is 4. The first kappa shape index (κ1) is 23.4. The summed E-state index contributed by atoms with van der Waals surface area (Å²) in [5.41, 5.74) is 8.22. The molecule has 0 atom stereocenters. The van der Waals surface area contributed by atoms with Crippen LogP contribution in [-0.4, -0.2) is 38.1 Å². The van der Waals surface area contributed by atoms with Crippen molar-refractivity contribution in [2.45, 2.75) is 9.79 Å². The highest BCUT2D eigenvalue weighted by atomic mass is 32.2. The van der Waals surface area contributed by atoms with Gasteiger partial charge in [0.2, 0.25) is 0 Å². The van der Waals surface area contributed by atoms with Crippen molar-refractivity contribution in [3.63, 3.8) is 0 Å². The number of nitrogens with zero attached hydrogens (tertiary/aromatic N) is 2.